The molecule has 1 amide bonds. The molecule has 0 fully saturated rings. The molecular weight excluding hydrogens is 314 g/mol. The van der Waals surface area contributed by atoms with Gasteiger partial charge in [-0.1, -0.05) is 26.0 Å². The molecule has 2 aromatic carbocycles. The van der Waals surface area contributed by atoms with Gasteiger partial charge in [-0.25, -0.2) is 0 Å². The molecule has 0 aliphatic carbocycles. The zero-order valence-corrected chi connectivity index (χ0v) is 15.5. The normalized spacial score (nSPS) is 11.7. The molecule has 2 aromatic rings. The maximum absolute atomic E-state index is 12.6. The largest absolute Gasteiger partial charge is 0.494 e. The average molecular weight is 341 g/mol. The lowest BCUT2D eigenvalue weighted by molar-refractivity contribution is 0.102. The number of carbonyl (C=O) groups excluding carboxylic acids is 1. The summed E-state index contributed by atoms with van der Waals surface area (Å²) in [5.41, 5.74) is 2.56. The minimum Gasteiger partial charge on any atom is -0.494 e. The summed E-state index contributed by atoms with van der Waals surface area (Å²) < 4.78 is 11.1. The molecule has 25 heavy (non-hydrogen) atoms. The Balaban J connectivity index is 2.16. The van der Waals surface area contributed by atoms with Gasteiger partial charge in [0, 0.05) is 17.3 Å². The van der Waals surface area contributed by atoms with E-state index in [4.69, 9.17) is 9.47 Å². The Kier molecular flexibility index (Phi) is 6.87. The van der Waals surface area contributed by atoms with E-state index in [2.05, 4.69) is 31.3 Å². The highest BCUT2D eigenvalue weighted by Crippen LogP contribution is 2.25. The molecule has 0 radical (unpaired) electrons. The second-order valence-corrected chi connectivity index (χ2v) is 5.94. The predicted molar refractivity (Wildman–Crippen MR) is 102 cm³/mol. The van der Waals surface area contributed by atoms with Gasteiger partial charge in [0.15, 0.2) is 0 Å². The highest BCUT2D eigenvalue weighted by atomic mass is 16.5. The number of amides is 1. The molecule has 0 aliphatic heterocycles. The van der Waals surface area contributed by atoms with Crippen LogP contribution in [0.3, 0.4) is 0 Å². The third kappa shape index (κ3) is 5.24. The van der Waals surface area contributed by atoms with Crippen LogP contribution in [0.15, 0.2) is 42.5 Å². The van der Waals surface area contributed by atoms with Crippen molar-refractivity contribution in [2.75, 3.05) is 18.5 Å². The third-order valence-electron chi connectivity index (χ3n) is 4.11. The third-order valence-corrected chi connectivity index (χ3v) is 4.11. The van der Waals surface area contributed by atoms with Gasteiger partial charge < -0.3 is 14.8 Å². The topological polar surface area (TPSA) is 47.6 Å². The van der Waals surface area contributed by atoms with Crippen LogP contribution in [0.2, 0.25) is 0 Å². The Morgan fingerprint density at radius 1 is 0.960 bits per heavy atom. The number of benzene rings is 2. The van der Waals surface area contributed by atoms with E-state index in [0.717, 1.165) is 12.1 Å². The van der Waals surface area contributed by atoms with Crippen molar-refractivity contribution >= 4 is 11.6 Å². The number of hydrogen-bond acceptors (Lipinski definition) is 3. The predicted octanol–water partition coefficient (Wildman–Crippen LogP) is 5.25. The Morgan fingerprint density at radius 3 is 2.00 bits per heavy atom. The first-order valence-corrected chi connectivity index (χ1v) is 8.89. The van der Waals surface area contributed by atoms with E-state index in [9.17, 15) is 4.79 Å². The Labute approximate surface area is 150 Å². The number of carbonyl (C=O) groups is 1. The van der Waals surface area contributed by atoms with Crippen LogP contribution < -0.4 is 14.8 Å². The molecule has 0 heterocycles. The first-order valence-electron chi connectivity index (χ1n) is 8.89. The Morgan fingerprint density at radius 2 is 1.52 bits per heavy atom. The maximum atomic E-state index is 12.6. The molecule has 134 valence electrons. The van der Waals surface area contributed by atoms with Gasteiger partial charge in [0.2, 0.25) is 0 Å². The van der Waals surface area contributed by atoms with E-state index in [-0.39, 0.29) is 5.91 Å². The average Bonchev–Trinajstić information content (AvgIpc) is 2.62. The van der Waals surface area contributed by atoms with Crippen molar-refractivity contribution in [3.8, 4) is 11.5 Å². The van der Waals surface area contributed by atoms with Crippen molar-refractivity contribution in [3.05, 3.63) is 53.6 Å². The zero-order chi connectivity index (χ0) is 18.2. The zero-order valence-electron chi connectivity index (χ0n) is 15.5. The highest BCUT2D eigenvalue weighted by Gasteiger charge is 2.11. The molecule has 4 nitrogen and oxygen atoms in total. The van der Waals surface area contributed by atoms with E-state index in [0.29, 0.717) is 36.2 Å². The Bertz CT molecular complexity index is 671. The van der Waals surface area contributed by atoms with Crippen LogP contribution in [-0.4, -0.2) is 19.1 Å². The molecule has 0 saturated heterocycles. The van der Waals surface area contributed by atoms with Crippen LogP contribution in [-0.2, 0) is 0 Å². The fourth-order valence-electron chi connectivity index (χ4n) is 2.54. The smallest absolute Gasteiger partial charge is 0.255 e. The van der Waals surface area contributed by atoms with Crippen LogP contribution in [0.5, 0.6) is 11.5 Å². The minimum atomic E-state index is -0.182. The number of anilines is 1. The van der Waals surface area contributed by atoms with Crippen molar-refractivity contribution in [1.29, 1.82) is 0 Å². The molecule has 1 atom stereocenters. The fourth-order valence-corrected chi connectivity index (χ4v) is 2.54. The van der Waals surface area contributed by atoms with E-state index >= 15 is 0 Å². The van der Waals surface area contributed by atoms with Gasteiger partial charge in [-0.05, 0) is 56.0 Å². The number of ether oxygens (including phenoxy) is 2. The minimum absolute atomic E-state index is 0.182. The molecule has 0 aromatic heterocycles. The summed E-state index contributed by atoms with van der Waals surface area (Å²) in [7, 11) is 0. The fraction of sp³-hybridized carbons (Fsp3) is 0.381. The van der Waals surface area contributed by atoms with Gasteiger partial charge in [-0.2, -0.15) is 0 Å². The molecular formula is C21H27NO3. The van der Waals surface area contributed by atoms with Gasteiger partial charge >= 0.3 is 0 Å². The summed E-state index contributed by atoms with van der Waals surface area (Å²) in [6.45, 7) is 9.25. The second-order valence-electron chi connectivity index (χ2n) is 5.94. The van der Waals surface area contributed by atoms with Crippen LogP contribution in [0.25, 0.3) is 0 Å². The maximum Gasteiger partial charge on any atom is 0.255 e. The van der Waals surface area contributed by atoms with Crippen molar-refractivity contribution in [3.63, 3.8) is 0 Å². The summed E-state index contributed by atoms with van der Waals surface area (Å²) in [6, 6.07) is 13.3. The van der Waals surface area contributed by atoms with Gasteiger partial charge in [0.1, 0.15) is 11.5 Å². The number of nitrogens with one attached hydrogen (secondary N) is 1. The SMILES string of the molecule is CCOc1cc(OCC)cc(C(=O)Nc2ccc(C(C)CC)cc2)c1. The molecule has 1 N–H and O–H groups in total. The van der Waals surface area contributed by atoms with Crippen LogP contribution in [0, 0.1) is 0 Å². The summed E-state index contributed by atoms with van der Waals surface area (Å²) in [6.07, 6.45) is 1.09. The van der Waals surface area contributed by atoms with Crippen molar-refractivity contribution in [1.82, 2.24) is 0 Å². The van der Waals surface area contributed by atoms with Crippen molar-refractivity contribution in [2.24, 2.45) is 0 Å². The second kappa shape index (κ2) is 9.11. The summed E-state index contributed by atoms with van der Waals surface area (Å²) >= 11 is 0. The van der Waals surface area contributed by atoms with Crippen molar-refractivity contribution in [2.45, 2.75) is 40.0 Å². The number of hydrogen-bond donors (Lipinski definition) is 1. The molecule has 0 saturated carbocycles. The first kappa shape index (κ1) is 18.8. The summed E-state index contributed by atoms with van der Waals surface area (Å²) in [4.78, 5) is 12.6. The summed E-state index contributed by atoms with van der Waals surface area (Å²) in [5, 5.41) is 2.93. The summed E-state index contributed by atoms with van der Waals surface area (Å²) in [5.74, 6) is 1.59. The standard InChI is InChI=1S/C21H27NO3/c1-5-15(4)16-8-10-18(11-9-16)22-21(23)17-12-19(24-6-2)14-20(13-17)25-7-3/h8-15H,5-7H2,1-4H3,(H,22,23). The van der Waals surface area contributed by atoms with E-state index in [1.165, 1.54) is 5.56 Å². The quantitative estimate of drug-likeness (QED) is 0.713. The van der Waals surface area contributed by atoms with Crippen LogP contribution >= 0.6 is 0 Å². The van der Waals surface area contributed by atoms with Gasteiger partial charge in [0.25, 0.3) is 5.91 Å². The molecule has 1 unspecified atom stereocenters. The molecule has 0 bridgehead atoms. The lowest BCUT2D eigenvalue weighted by atomic mass is 9.98. The lowest BCUT2D eigenvalue weighted by Crippen LogP contribution is -2.12. The van der Waals surface area contributed by atoms with Gasteiger partial charge in [-0.3, -0.25) is 4.79 Å². The molecule has 0 aliphatic rings. The van der Waals surface area contributed by atoms with Crippen molar-refractivity contribution < 1.29 is 14.3 Å². The number of rotatable bonds is 8. The molecule has 2 rings (SSSR count). The van der Waals surface area contributed by atoms with Crippen LogP contribution in [0.1, 0.15) is 56.0 Å². The van der Waals surface area contributed by atoms with E-state index < -0.39 is 0 Å². The van der Waals surface area contributed by atoms with Gasteiger partial charge in [-0.15, -0.1) is 0 Å². The lowest BCUT2D eigenvalue weighted by Gasteiger charge is -2.12. The Hall–Kier alpha value is -2.49. The molecule has 4 heteroatoms. The van der Waals surface area contributed by atoms with E-state index in [1.807, 2.05) is 26.0 Å². The van der Waals surface area contributed by atoms with Gasteiger partial charge in [0.05, 0.1) is 13.2 Å². The monoisotopic (exact) mass is 341 g/mol. The van der Waals surface area contributed by atoms with Crippen LogP contribution in [0.4, 0.5) is 5.69 Å². The van der Waals surface area contributed by atoms with E-state index in [1.54, 1.807) is 18.2 Å². The highest BCUT2D eigenvalue weighted by molar-refractivity contribution is 6.04. The first-order chi connectivity index (χ1) is 12.1. The molecule has 0 spiro atoms.